The molecule has 0 atom stereocenters. The number of fused-ring (bicyclic) bond motifs is 1. The van der Waals surface area contributed by atoms with Crippen LogP contribution in [0.2, 0.25) is 0 Å². The lowest BCUT2D eigenvalue weighted by molar-refractivity contribution is 0.0733. The van der Waals surface area contributed by atoms with Gasteiger partial charge in [-0.1, -0.05) is 0 Å². The Morgan fingerprint density at radius 3 is 2.62 bits per heavy atom. The van der Waals surface area contributed by atoms with Gasteiger partial charge in [0.15, 0.2) is 5.82 Å². The molecule has 0 aliphatic carbocycles. The summed E-state index contributed by atoms with van der Waals surface area (Å²) in [5, 5.41) is 12.7. The quantitative estimate of drug-likeness (QED) is 0.712. The minimum absolute atomic E-state index is 0.00562. The number of methoxy groups -OCH3 is 1. The maximum absolute atomic E-state index is 12.9. The maximum atomic E-state index is 12.9. The van der Waals surface area contributed by atoms with Crippen molar-refractivity contribution in [2.24, 2.45) is 14.1 Å². The number of hydrogen-bond acceptors (Lipinski definition) is 5. The van der Waals surface area contributed by atoms with E-state index < -0.39 is 0 Å². The zero-order valence-electron chi connectivity index (χ0n) is 15.0. The molecule has 1 aliphatic heterocycles. The zero-order valence-corrected chi connectivity index (χ0v) is 15.0. The third kappa shape index (κ3) is 2.63. The number of benzene rings is 1. The van der Waals surface area contributed by atoms with Gasteiger partial charge < -0.3 is 14.2 Å². The Labute approximate surface area is 151 Å². The fourth-order valence-electron chi connectivity index (χ4n) is 3.36. The van der Waals surface area contributed by atoms with E-state index in [0.717, 1.165) is 29.1 Å². The molecule has 3 heterocycles. The molecule has 134 valence electrons. The Morgan fingerprint density at radius 2 is 1.96 bits per heavy atom. The van der Waals surface area contributed by atoms with Gasteiger partial charge in [0, 0.05) is 43.9 Å². The number of ether oxygens (including phenoxy) is 1. The fraction of sp³-hybridized carbons (Fsp3) is 0.333. The van der Waals surface area contributed by atoms with Crippen LogP contribution >= 0.6 is 0 Å². The highest BCUT2D eigenvalue weighted by Crippen LogP contribution is 2.29. The van der Waals surface area contributed by atoms with E-state index in [2.05, 4.69) is 15.3 Å². The first-order valence-electron chi connectivity index (χ1n) is 8.41. The van der Waals surface area contributed by atoms with Crippen molar-refractivity contribution < 1.29 is 9.53 Å². The molecule has 0 bridgehead atoms. The van der Waals surface area contributed by atoms with E-state index in [9.17, 15) is 4.79 Å². The van der Waals surface area contributed by atoms with Crippen LogP contribution < -0.4 is 4.74 Å². The van der Waals surface area contributed by atoms with Crippen molar-refractivity contribution in [3.05, 3.63) is 47.4 Å². The molecule has 2 aromatic heterocycles. The maximum Gasteiger partial charge on any atom is 0.254 e. The van der Waals surface area contributed by atoms with Crippen LogP contribution in [0.1, 0.15) is 21.6 Å². The Morgan fingerprint density at radius 1 is 1.19 bits per heavy atom. The molecular weight excluding hydrogens is 332 g/mol. The second-order valence-corrected chi connectivity index (χ2v) is 6.37. The smallest absolute Gasteiger partial charge is 0.254 e. The average molecular weight is 352 g/mol. The van der Waals surface area contributed by atoms with E-state index in [-0.39, 0.29) is 5.91 Å². The Bertz CT molecular complexity index is 957. The molecule has 26 heavy (non-hydrogen) atoms. The van der Waals surface area contributed by atoms with Gasteiger partial charge in [0.2, 0.25) is 0 Å². The van der Waals surface area contributed by atoms with Crippen LogP contribution in [-0.2, 0) is 27.1 Å². The van der Waals surface area contributed by atoms with Crippen LogP contribution in [0, 0.1) is 0 Å². The number of aromatic nitrogens is 5. The molecule has 8 heteroatoms. The van der Waals surface area contributed by atoms with Crippen molar-refractivity contribution in [3.63, 3.8) is 0 Å². The molecule has 3 aromatic rings. The molecule has 0 unspecified atom stereocenters. The van der Waals surface area contributed by atoms with E-state index >= 15 is 0 Å². The van der Waals surface area contributed by atoms with Gasteiger partial charge in [-0.15, -0.1) is 10.2 Å². The Kier molecular flexibility index (Phi) is 3.95. The van der Waals surface area contributed by atoms with Crippen molar-refractivity contribution in [2.45, 2.75) is 13.0 Å². The van der Waals surface area contributed by atoms with Crippen molar-refractivity contribution in [2.75, 3.05) is 13.7 Å². The summed E-state index contributed by atoms with van der Waals surface area (Å²) in [5.74, 6) is 1.45. The van der Waals surface area contributed by atoms with Crippen LogP contribution in [-0.4, -0.2) is 49.0 Å². The monoisotopic (exact) mass is 352 g/mol. The molecule has 4 rings (SSSR count). The van der Waals surface area contributed by atoms with Crippen LogP contribution in [0.15, 0.2) is 30.6 Å². The molecular formula is C18H20N6O2. The summed E-state index contributed by atoms with van der Waals surface area (Å²) in [5.41, 5.74) is 3.62. The molecule has 0 saturated heterocycles. The first kappa shape index (κ1) is 16.3. The second kappa shape index (κ2) is 6.29. The SMILES string of the molecule is COc1ccc(C(=O)N2CCc3c(c(-c4nncn4C)nn3C)C2)cc1. The fourth-order valence-corrected chi connectivity index (χ4v) is 3.36. The number of nitrogens with zero attached hydrogens (tertiary/aromatic N) is 6. The zero-order chi connectivity index (χ0) is 18.3. The topological polar surface area (TPSA) is 78.1 Å². The molecule has 1 amide bonds. The Hall–Kier alpha value is -3.16. The van der Waals surface area contributed by atoms with Crippen molar-refractivity contribution in [1.82, 2.24) is 29.4 Å². The summed E-state index contributed by atoms with van der Waals surface area (Å²) in [6.07, 6.45) is 2.41. The van der Waals surface area contributed by atoms with Gasteiger partial charge >= 0.3 is 0 Å². The van der Waals surface area contributed by atoms with Gasteiger partial charge in [0.1, 0.15) is 17.8 Å². The number of rotatable bonds is 3. The first-order chi connectivity index (χ1) is 12.6. The largest absolute Gasteiger partial charge is 0.497 e. The van der Waals surface area contributed by atoms with E-state index in [0.29, 0.717) is 24.5 Å². The predicted molar refractivity (Wildman–Crippen MR) is 94.6 cm³/mol. The van der Waals surface area contributed by atoms with E-state index in [1.807, 2.05) is 28.2 Å². The normalized spacial score (nSPS) is 13.6. The summed E-state index contributed by atoms with van der Waals surface area (Å²) in [4.78, 5) is 14.8. The van der Waals surface area contributed by atoms with Gasteiger partial charge in [-0.3, -0.25) is 9.48 Å². The molecule has 1 aromatic carbocycles. The van der Waals surface area contributed by atoms with Gasteiger partial charge in [-0.05, 0) is 24.3 Å². The number of carbonyl (C=O) groups excluding carboxylic acids is 1. The van der Waals surface area contributed by atoms with E-state index in [4.69, 9.17) is 4.74 Å². The third-order valence-corrected chi connectivity index (χ3v) is 4.79. The molecule has 0 N–H and O–H groups in total. The lowest BCUT2D eigenvalue weighted by atomic mass is 10.0. The standard InChI is InChI=1S/C18H20N6O2/c1-22-11-19-20-17(22)16-14-10-24(9-8-15(14)23(2)21-16)18(25)12-4-6-13(26-3)7-5-12/h4-7,11H,8-10H2,1-3H3. The highest BCUT2D eigenvalue weighted by Gasteiger charge is 2.29. The number of carbonyl (C=O) groups is 1. The molecule has 0 fully saturated rings. The van der Waals surface area contributed by atoms with E-state index in [1.54, 1.807) is 37.7 Å². The molecule has 0 radical (unpaired) electrons. The molecule has 0 spiro atoms. The van der Waals surface area contributed by atoms with Crippen molar-refractivity contribution in [1.29, 1.82) is 0 Å². The molecule has 1 aliphatic rings. The van der Waals surface area contributed by atoms with Crippen molar-refractivity contribution >= 4 is 5.91 Å². The summed E-state index contributed by atoms with van der Waals surface area (Å²) < 4.78 is 8.88. The second-order valence-electron chi connectivity index (χ2n) is 6.37. The molecule has 0 saturated carbocycles. The average Bonchev–Trinajstić information content (AvgIpc) is 3.24. The van der Waals surface area contributed by atoms with Gasteiger partial charge in [-0.2, -0.15) is 5.10 Å². The van der Waals surface area contributed by atoms with Gasteiger partial charge in [0.05, 0.1) is 13.7 Å². The molecule has 8 nitrogen and oxygen atoms in total. The number of amides is 1. The van der Waals surface area contributed by atoms with Gasteiger partial charge in [-0.25, -0.2) is 0 Å². The lowest BCUT2D eigenvalue weighted by Gasteiger charge is -2.27. The predicted octanol–water partition coefficient (Wildman–Crippen LogP) is 1.42. The minimum atomic E-state index is 0.00562. The first-order valence-corrected chi connectivity index (χ1v) is 8.41. The number of hydrogen-bond donors (Lipinski definition) is 0. The highest BCUT2D eigenvalue weighted by molar-refractivity contribution is 5.94. The summed E-state index contributed by atoms with van der Waals surface area (Å²) in [7, 11) is 5.43. The lowest BCUT2D eigenvalue weighted by Crippen LogP contribution is -2.36. The van der Waals surface area contributed by atoms with Crippen molar-refractivity contribution in [3.8, 4) is 17.3 Å². The number of aryl methyl sites for hydroxylation is 2. The minimum Gasteiger partial charge on any atom is -0.497 e. The van der Waals surface area contributed by atoms with E-state index in [1.165, 1.54) is 0 Å². The summed E-state index contributed by atoms with van der Waals surface area (Å²) in [6.45, 7) is 1.17. The third-order valence-electron chi connectivity index (χ3n) is 4.79. The highest BCUT2D eigenvalue weighted by atomic mass is 16.5. The van der Waals surface area contributed by atoms with Crippen LogP contribution in [0.4, 0.5) is 0 Å². The van der Waals surface area contributed by atoms with Gasteiger partial charge in [0.25, 0.3) is 5.91 Å². The Balaban J connectivity index is 1.64. The van der Waals surface area contributed by atoms with Crippen LogP contribution in [0.25, 0.3) is 11.5 Å². The summed E-state index contributed by atoms with van der Waals surface area (Å²) >= 11 is 0. The summed E-state index contributed by atoms with van der Waals surface area (Å²) in [6, 6.07) is 7.20. The van der Waals surface area contributed by atoms with Crippen LogP contribution in [0.3, 0.4) is 0 Å². The van der Waals surface area contributed by atoms with Crippen LogP contribution in [0.5, 0.6) is 5.75 Å².